The molecule has 0 amide bonds. The van der Waals surface area contributed by atoms with Crippen LogP contribution < -0.4 is 0 Å². The molecule has 0 aliphatic carbocycles. The molecule has 2 heteroatoms. The third kappa shape index (κ3) is 3.61. The van der Waals surface area contributed by atoms with E-state index in [0.29, 0.717) is 12.0 Å². The van der Waals surface area contributed by atoms with Gasteiger partial charge >= 0.3 is 5.97 Å². The summed E-state index contributed by atoms with van der Waals surface area (Å²) in [5.41, 5.74) is 4.52. The zero-order valence-corrected chi connectivity index (χ0v) is 13.2. The van der Waals surface area contributed by atoms with E-state index in [2.05, 4.69) is 30.3 Å². The zero-order valence-electron chi connectivity index (χ0n) is 13.2. The summed E-state index contributed by atoms with van der Waals surface area (Å²) < 4.78 is 0. The van der Waals surface area contributed by atoms with Gasteiger partial charge in [-0.15, -0.1) is 0 Å². The summed E-state index contributed by atoms with van der Waals surface area (Å²) in [6, 6.07) is 27.5. The highest BCUT2D eigenvalue weighted by Gasteiger charge is 2.09. The lowest BCUT2D eigenvalue weighted by Gasteiger charge is -2.10. The molecule has 118 valence electrons. The molecular formula is C22H18O2. The molecule has 0 spiro atoms. The first-order valence-corrected chi connectivity index (χ1v) is 7.88. The minimum absolute atomic E-state index is 0.356. The third-order valence-electron chi connectivity index (χ3n) is 3.94. The van der Waals surface area contributed by atoms with Crippen molar-refractivity contribution in [1.82, 2.24) is 0 Å². The zero-order chi connectivity index (χ0) is 16.8. The number of carboxylic acid groups (broad SMARTS) is 1. The van der Waals surface area contributed by atoms with Gasteiger partial charge in [0.25, 0.3) is 0 Å². The van der Waals surface area contributed by atoms with Gasteiger partial charge in [-0.1, -0.05) is 84.9 Å². The van der Waals surface area contributed by atoms with Crippen LogP contribution >= 0.6 is 0 Å². The summed E-state index contributed by atoms with van der Waals surface area (Å²) in [4.78, 5) is 11.4. The van der Waals surface area contributed by atoms with Crippen LogP contribution in [0.2, 0.25) is 0 Å². The summed E-state index contributed by atoms with van der Waals surface area (Å²) in [6.07, 6.45) is 2.67. The van der Waals surface area contributed by atoms with Crippen LogP contribution in [-0.2, 0) is 6.42 Å². The van der Waals surface area contributed by atoms with Crippen molar-refractivity contribution in [2.45, 2.75) is 6.42 Å². The molecule has 0 saturated heterocycles. The van der Waals surface area contributed by atoms with Crippen LogP contribution in [0.4, 0.5) is 0 Å². The lowest BCUT2D eigenvalue weighted by molar-refractivity contribution is 0.0696. The van der Waals surface area contributed by atoms with Crippen LogP contribution in [0.5, 0.6) is 0 Å². The Morgan fingerprint density at radius 3 is 1.79 bits per heavy atom. The molecule has 0 radical (unpaired) electrons. The maximum atomic E-state index is 11.4. The van der Waals surface area contributed by atoms with Crippen molar-refractivity contribution in [1.29, 1.82) is 0 Å². The van der Waals surface area contributed by atoms with Crippen molar-refractivity contribution in [3.8, 4) is 0 Å². The summed E-state index contributed by atoms with van der Waals surface area (Å²) >= 11 is 0. The average molecular weight is 314 g/mol. The number of hydrogen-bond acceptors (Lipinski definition) is 1. The second-order valence-corrected chi connectivity index (χ2v) is 5.52. The fourth-order valence-electron chi connectivity index (χ4n) is 2.76. The fraction of sp³-hybridized carbons (Fsp3) is 0.0455. The second-order valence-electron chi connectivity index (χ2n) is 5.52. The van der Waals surface area contributed by atoms with Crippen molar-refractivity contribution >= 4 is 11.5 Å². The van der Waals surface area contributed by atoms with Crippen molar-refractivity contribution in [2.75, 3.05) is 0 Å². The Kier molecular flexibility index (Phi) is 4.87. The Hall–Kier alpha value is -3.13. The monoisotopic (exact) mass is 314 g/mol. The topological polar surface area (TPSA) is 37.3 Å². The summed E-state index contributed by atoms with van der Waals surface area (Å²) in [7, 11) is 0. The maximum Gasteiger partial charge on any atom is 0.335 e. The number of aromatic carboxylic acids is 1. The SMILES string of the molecule is O=C(O)c1ccccc1CC=C(c1ccccc1)c1ccccc1. The smallest absolute Gasteiger partial charge is 0.335 e. The van der Waals surface area contributed by atoms with Gasteiger partial charge in [0.05, 0.1) is 5.56 Å². The van der Waals surface area contributed by atoms with Crippen molar-refractivity contribution < 1.29 is 9.90 Å². The molecule has 3 aromatic carbocycles. The minimum Gasteiger partial charge on any atom is -0.478 e. The molecule has 24 heavy (non-hydrogen) atoms. The van der Waals surface area contributed by atoms with E-state index in [1.54, 1.807) is 12.1 Å². The predicted molar refractivity (Wildman–Crippen MR) is 97.1 cm³/mol. The Morgan fingerprint density at radius 1 is 0.750 bits per heavy atom. The van der Waals surface area contributed by atoms with Gasteiger partial charge in [0.15, 0.2) is 0 Å². The van der Waals surface area contributed by atoms with Gasteiger partial charge in [-0.2, -0.15) is 0 Å². The average Bonchev–Trinajstić information content (AvgIpc) is 2.64. The molecule has 0 bridgehead atoms. The highest BCUT2D eigenvalue weighted by molar-refractivity contribution is 5.89. The predicted octanol–water partition coefficient (Wildman–Crippen LogP) is 5.06. The van der Waals surface area contributed by atoms with Gasteiger partial charge in [0.1, 0.15) is 0 Å². The summed E-state index contributed by atoms with van der Waals surface area (Å²) in [6.45, 7) is 0. The van der Waals surface area contributed by atoms with E-state index in [4.69, 9.17) is 0 Å². The van der Waals surface area contributed by atoms with Crippen molar-refractivity contribution in [2.24, 2.45) is 0 Å². The maximum absolute atomic E-state index is 11.4. The molecule has 0 fully saturated rings. The Balaban J connectivity index is 2.01. The highest BCUT2D eigenvalue weighted by Crippen LogP contribution is 2.24. The second kappa shape index (κ2) is 7.42. The number of allylic oxidation sites excluding steroid dienone is 1. The van der Waals surface area contributed by atoms with E-state index in [1.165, 1.54) is 0 Å². The highest BCUT2D eigenvalue weighted by atomic mass is 16.4. The Morgan fingerprint density at radius 2 is 1.25 bits per heavy atom. The van der Waals surface area contributed by atoms with Crippen LogP contribution in [0.1, 0.15) is 27.0 Å². The quantitative estimate of drug-likeness (QED) is 0.715. The first kappa shape index (κ1) is 15.8. The molecule has 0 atom stereocenters. The van der Waals surface area contributed by atoms with Gasteiger partial charge < -0.3 is 5.11 Å². The molecule has 3 aromatic rings. The van der Waals surface area contributed by atoms with Crippen molar-refractivity contribution in [3.63, 3.8) is 0 Å². The normalized spacial score (nSPS) is 10.2. The van der Waals surface area contributed by atoms with E-state index in [0.717, 1.165) is 22.3 Å². The molecular weight excluding hydrogens is 296 g/mol. The number of carboxylic acids is 1. The van der Waals surface area contributed by atoms with Gasteiger partial charge in [0, 0.05) is 0 Å². The molecule has 0 aromatic heterocycles. The van der Waals surface area contributed by atoms with Gasteiger partial charge in [-0.05, 0) is 34.8 Å². The lowest BCUT2D eigenvalue weighted by Crippen LogP contribution is -2.01. The van der Waals surface area contributed by atoms with Crippen LogP contribution in [0.3, 0.4) is 0 Å². The number of rotatable bonds is 5. The number of benzene rings is 3. The molecule has 0 heterocycles. The van der Waals surface area contributed by atoms with Crippen LogP contribution in [0.25, 0.3) is 5.57 Å². The molecule has 0 aliphatic rings. The Bertz CT molecular complexity index is 808. The third-order valence-corrected chi connectivity index (χ3v) is 3.94. The van der Waals surface area contributed by atoms with E-state index in [9.17, 15) is 9.90 Å². The summed E-state index contributed by atoms with van der Waals surface area (Å²) in [5.74, 6) is -0.889. The van der Waals surface area contributed by atoms with Gasteiger partial charge in [0.2, 0.25) is 0 Å². The molecule has 2 nitrogen and oxygen atoms in total. The minimum atomic E-state index is -0.889. The fourth-order valence-corrected chi connectivity index (χ4v) is 2.76. The van der Waals surface area contributed by atoms with E-state index in [1.807, 2.05) is 48.5 Å². The van der Waals surface area contributed by atoms with E-state index in [-0.39, 0.29) is 0 Å². The standard InChI is InChI=1S/C22H18O2/c23-22(24)21-14-8-7-13-19(21)15-16-20(17-9-3-1-4-10-17)18-11-5-2-6-12-18/h1-14,16H,15H2,(H,23,24). The molecule has 3 rings (SSSR count). The van der Waals surface area contributed by atoms with Crippen LogP contribution in [-0.4, -0.2) is 11.1 Å². The summed E-state index contributed by atoms with van der Waals surface area (Å²) in [5, 5.41) is 9.34. The first-order valence-electron chi connectivity index (χ1n) is 7.88. The number of carbonyl (C=O) groups is 1. The number of hydrogen-bond donors (Lipinski definition) is 1. The molecule has 0 unspecified atom stereocenters. The molecule has 1 N–H and O–H groups in total. The van der Waals surface area contributed by atoms with Gasteiger partial charge in [-0.3, -0.25) is 0 Å². The van der Waals surface area contributed by atoms with Crippen LogP contribution in [0.15, 0.2) is 91.0 Å². The first-order chi connectivity index (χ1) is 11.8. The van der Waals surface area contributed by atoms with E-state index >= 15 is 0 Å². The lowest BCUT2D eigenvalue weighted by atomic mass is 9.95. The van der Waals surface area contributed by atoms with Crippen molar-refractivity contribution in [3.05, 3.63) is 113 Å². The molecule has 0 aliphatic heterocycles. The van der Waals surface area contributed by atoms with Crippen LogP contribution in [0, 0.1) is 0 Å². The molecule has 0 saturated carbocycles. The van der Waals surface area contributed by atoms with Gasteiger partial charge in [-0.25, -0.2) is 4.79 Å². The largest absolute Gasteiger partial charge is 0.478 e. The van der Waals surface area contributed by atoms with E-state index < -0.39 is 5.97 Å². The Labute approximate surface area is 141 Å².